The average molecular weight is 286 g/mol. The summed E-state index contributed by atoms with van der Waals surface area (Å²) in [7, 11) is 0. The summed E-state index contributed by atoms with van der Waals surface area (Å²) in [5.74, 6) is 0.211. The molecule has 0 saturated carbocycles. The van der Waals surface area contributed by atoms with Gasteiger partial charge in [-0.3, -0.25) is 0 Å². The molecule has 0 aliphatic heterocycles. The second-order valence-corrected chi connectivity index (χ2v) is 6.65. The van der Waals surface area contributed by atoms with Gasteiger partial charge in [-0.15, -0.1) is 0 Å². The van der Waals surface area contributed by atoms with Crippen molar-refractivity contribution in [2.75, 3.05) is 6.54 Å². The maximum atomic E-state index is 13.4. The minimum absolute atomic E-state index is 0.122. The molecule has 0 fully saturated rings. The fraction of sp³-hybridized carbons (Fsp3) is 0.625. The number of halogens is 2. The van der Waals surface area contributed by atoms with Gasteiger partial charge in [-0.25, -0.2) is 4.39 Å². The van der Waals surface area contributed by atoms with Gasteiger partial charge in [0.2, 0.25) is 0 Å². The van der Waals surface area contributed by atoms with Gasteiger partial charge in [0, 0.05) is 5.54 Å². The van der Waals surface area contributed by atoms with Gasteiger partial charge in [0.15, 0.2) is 0 Å². The van der Waals surface area contributed by atoms with E-state index < -0.39 is 0 Å². The van der Waals surface area contributed by atoms with Gasteiger partial charge in [-0.2, -0.15) is 0 Å². The summed E-state index contributed by atoms with van der Waals surface area (Å²) in [6.07, 6.45) is 3.19. The SMILES string of the molecule is CCCC(CNC(C)(C)C)Cc1ccc(Cl)c(F)c1. The Bertz CT molecular complexity index is 398. The van der Waals surface area contributed by atoms with Crippen LogP contribution in [0.4, 0.5) is 4.39 Å². The molecule has 0 spiro atoms. The third-order valence-corrected chi connectivity index (χ3v) is 3.43. The summed E-state index contributed by atoms with van der Waals surface area (Å²) in [6.45, 7) is 9.64. The van der Waals surface area contributed by atoms with Crippen LogP contribution in [0.15, 0.2) is 18.2 Å². The Morgan fingerprint density at radius 1 is 1.32 bits per heavy atom. The highest BCUT2D eigenvalue weighted by molar-refractivity contribution is 6.30. The van der Waals surface area contributed by atoms with Gasteiger partial charge < -0.3 is 5.32 Å². The lowest BCUT2D eigenvalue weighted by molar-refractivity contribution is 0.354. The van der Waals surface area contributed by atoms with Crippen LogP contribution >= 0.6 is 11.6 Å². The van der Waals surface area contributed by atoms with Gasteiger partial charge in [-0.1, -0.05) is 31.0 Å². The summed E-state index contributed by atoms with van der Waals surface area (Å²) in [6, 6.07) is 5.12. The minimum atomic E-state index is -0.321. The zero-order valence-corrected chi connectivity index (χ0v) is 13.1. The molecule has 0 heterocycles. The molecule has 0 bridgehead atoms. The molecule has 108 valence electrons. The Kier molecular flexibility index (Phi) is 6.28. The van der Waals surface area contributed by atoms with E-state index in [1.54, 1.807) is 12.1 Å². The van der Waals surface area contributed by atoms with Crippen LogP contribution in [-0.2, 0) is 6.42 Å². The van der Waals surface area contributed by atoms with Crippen molar-refractivity contribution in [3.63, 3.8) is 0 Å². The molecule has 0 aliphatic rings. The molecule has 1 rings (SSSR count). The van der Waals surface area contributed by atoms with Crippen LogP contribution in [0.2, 0.25) is 5.02 Å². The van der Waals surface area contributed by atoms with E-state index in [1.165, 1.54) is 0 Å². The molecule has 0 aromatic heterocycles. The number of rotatable bonds is 6. The molecule has 0 radical (unpaired) electrons. The molecule has 1 aromatic rings. The van der Waals surface area contributed by atoms with E-state index in [-0.39, 0.29) is 16.4 Å². The molecule has 0 aliphatic carbocycles. The predicted molar refractivity (Wildman–Crippen MR) is 81.3 cm³/mol. The van der Waals surface area contributed by atoms with Crippen molar-refractivity contribution in [1.82, 2.24) is 5.32 Å². The number of benzene rings is 1. The maximum absolute atomic E-state index is 13.4. The van der Waals surface area contributed by atoms with Gasteiger partial charge >= 0.3 is 0 Å². The summed E-state index contributed by atoms with van der Waals surface area (Å²) in [5, 5.41) is 3.73. The third-order valence-electron chi connectivity index (χ3n) is 3.13. The van der Waals surface area contributed by atoms with E-state index in [4.69, 9.17) is 11.6 Å². The van der Waals surface area contributed by atoms with Crippen LogP contribution in [0.25, 0.3) is 0 Å². The van der Waals surface area contributed by atoms with E-state index in [0.717, 1.165) is 31.4 Å². The second-order valence-electron chi connectivity index (χ2n) is 6.24. The summed E-state index contributed by atoms with van der Waals surface area (Å²) >= 11 is 5.71. The summed E-state index contributed by atoms with van der Waals surface area (Å²) in [4.78, 5) is 0. The largest absolute Gasteiger partial charge is 0.312 e. The number of hydrogen-bond acceptors (Lipinski definition) is 1. The van der Waals surface area contributed by atoms with Crippen molar-refractivity contribution in [3.8, 4) is 0 Å². The van der Waals surface area contributed by atoms with Crippen LogP contribution in [0.3, 0.4) is 0 Å². The Morgan fingerprint density at radius 2 is 2.00 bits per heavy atom. The van der Waals surface area contributed by atoms with Crippen LogP contribution in [-0.4, -0.2) is 12.1 Å². The highest BCUT2D eigenvalue weighted by Gasteiger charge is 2.15. The number of nitrogens with one attached hydrogen (secondary N) is 1. The third kappa shape index (κ3) is 6.40. The fourth-order valence-corrected chi connectivity index (χ4v) is 2.25. The Hall–Kier alpha value is -0.600. The smallest absolute Gasteiger partial charge is 0.142 e. The van der Waals surface area contributed by atoms with Crippen molar-refractivity contribution in [3.05, 3.63) is 34.6 Å². The average Bonchev–Trinajstić information content (AvgIpc) is 2.30. The first kappa shape index (κ1) is 16.5. The molecule has 19 heavy (non-hydrogen) atoms. The van der Waals surface area contributed by atoms with E-state index in [2.05, 4.69) is 33.0 Å². The maximum Gasteiger partial charge on any atom is 0.142 e. The lowest BCUT2D eigenvalue weighted by Gasteiger charge is -2.25. The Balaban J connectivity index is 2.64. The Morgan fingerprint density at radius 3 is 2.53 bits per heavy atom. The normalized spacial score (nSPS) is 13.6. The van der Waals surface area contributed by atoms with Crippen molar-refractivity contribution < 1.29 is 4.39 Å². The molecular formula is C16H25ClFN. The van der Waals surface area contributed by atoms with Crippen LogP contribution in [0, 0.1) is 11.7 Å². The van der Waals surface area contributed by atoms with Crippen molar-refractivity contribution >= 4 is 11.6 Å². The molecule has 3 heteroatoms. The zero-order chi connectivity index (χ0) is 14.5. The molecule has 1 unspecified atom stereocenters. The quantitative estimate of drug-likeness (QED) is 0.790. The second kappa shape index (κ2) is 7.25. The molecular weight excluding hydrogens is 261 g/mol. The van der Waals surface area contributed by atoms with Crippen LogP contribution < -0.4 is 5.32 Å². The van der Waals surface area contributed by atoms with Gasteiger partial charge in [-0.05, 0) is 63.8 Å². The topological polar surface area (TPSA) is 12.0 Å². The van der Waals surface area contributed by atoms with Gasteiger partial charge in [0.05, 0.1) is 5.02 Å². The van der Waals surface area contributed by atoms with E-state index >= 15 is 0 Å². The first-order chi connectivity index (χ1) is 8.81. The summed E-state index contributed by atoms with van der Waals surface area (Å²) < 4.78 is 13.4. The first-order valence-corrected chi connectivity index (χ1v) is 7.38. The lowest BCUT2D eigenvalue weighted by Crippen LogP contribution is -2.39. The first-order valence-electron chi connectivity index (χ1n) is 7.00. The fourth-order valence-electron chi connectivity index (χ4n) is 2.14. The molecule has 1 aromatic carbocycles. The monoisotopic (exact) mass is 285 g/mol. The standard InChI is InChI=1S/C16H25ClFN/c1-5-6-13(11-19-16(2,3)4)9-12-7-8-14(17)15(18)10-12/h7-8,10,13,19H,5-6,9,11H2,1-4H3. The van der Waals surface area contributed by atoms with E-state index in [1.807, 2.05) is 6.07 Å². The van der Waals surface area contributed by atoms with Crippen molar-refractivity contribution in [2.24, 2.45) is 5.92 Å². The highest BCUT2D eigenvalue weighted by atomic mass is 35.5. The minimum Gasteiger partial charge on any atom is -0.312 e. The van der Waals surface area contributed by atoms with Crippen LogP contribution in [0.5, 0.6) is 0 Å². The van der Waals surface area contributed by atoms with E-state index in [0.29, 0.717) is 5.92 Å². The summed E-state index contributed by atoms with van der Waals surface area (Å²) in [5.41, 5.74) is 1.15. The van der Waals surface area contributed by atoms with Crippen molar-refractivity contribution in [2.45, 2.75) is 52.5 Å². The molecule has 0 amide bonds. The zero-order valence-electron chi connectivity index (χ0n) is 12.4. The molecule has 1 nitrogen and oxygen atoms in total. The molecule has 1 atom stereocenters. The van der Waals surface area contributed by atoms with Gasteiger partial charge in [0.25, 0.3) is 0 Å². The van der Waals surface area contributed by atoms with E-state index in [9.17, 15) is 4.39 Å². The predicted octanol–water partition coefficient (Wildman–Crippen LogP) is 4.83. The Labute approximate surface area is 121 Å². The van der Waals surface area contributed by atoms with Crippen molar-refractivity contribution in [1.29, 1.82) is 0 Å². The molecule has 0 saturated heterocycles. The van der Waals surface area contributed by atoms with Crippen LogP contribution in [0.1, 0.15) is 46.1 Å². The molecule has 1 N–H and O–H groups in total. The lowest BCUT2D eigenvalue weighted by atomic mass is 9.94. The number of hydrogen-bond donors (Lipinski definition) is 1. The van der Waals surface area contributed by atoms with Gasteiger partial charge in [0.1, 0.15) is 5.82 Å². The highest BCUT2D eigenvalue weighted by Crippen LogP contribution is 2.20.